The molecule has 160 valence electrons. The molecule has 1 unspecified atom stereocenters. The Morgan fingerprint density at radius 3 is 2.47 bits per heavy atom. The Labute approximate surface area is 185 Å². The topological polar surface area (TPSA) is 76.4 Å². The average molecular weight is 425 g/mol. The summed E-state index contributed by atoms with van der Waals surface area (Å²) in [5.41, 5.74) is 2.79. The third-order valence-corrected chi connectivity index (χ3v) is 5.57. The standard InChI is InChI=1S/C26H23N3O3/c1-2-15-27-26-28-24-23(25(31)29(26)18-11-7-4-8-12-18)22(17-9-5-3-6-10-17)20-14-13-19(30)16-21(20)32-24/h3-14,16,22,30H,2,15H2,1H3,(H,27,28). The van der Waals surface area contributed by atoms with E-state index in [0.717, 1.165) is 23.2 Å². The maximum atomic E-state index is 14.0. The molecule has 6 heteroatoms. The van der Waals surface area contributed by atoms with Gasteiger partial charge in [-0.3, -0.25) is 4.79 Å². The smallest absolute Gasteiger partial charge is 0.267 e. The summed E-state index contributed by atoms with van der Waals surface area (Å²) in [5, 5.41) is 13.3. The predicted octanol–water partition coefficient (Wildman–Crippen LogP) is 5.05. The van der Waals surface area contributed by atoms with Crippen LogP contribution in [0, 0.1) is 0 Å². The van der Waals surface area contributed by atoms with Crippen molar-refractivity contribution in [2.75, 3.05) is 11.9 Å². The summed E-state index contributed by atoms with van der Waals surface area (Å²) in [5.74, 6) is 0.911. The van der Waals surface area contributed by atoms with Crippen LogP contribution in [0.4, 0.5) is 5.95 Å². The number of para-hydroxylation sites is 1. The van der Waals surface area contributed by atoms with E-state index >= 15 is 0 Å². The number of phenols is 1. The molecule has 32 heavy (non-hydrogen) atoms. The molecule has 6 nitrogen and oxygen atoms in total. The fourth-order valence-corrected chi connectivity index (χ4v) is 4.11. The number of nitrogens with zero attached hydrogens (tertiary/aromatic N) is 2. The van der Waals surface area contributed by atoms with Gasteiger partial charge in [-0.2, -0.15) is 4.98 Å². The summed E-state index contributed by atoms with van der Waals surface area (Å²) < 4.78 is 7.69. The maximum absolute atomic E-state index is 14.0. The van der Waals surface area contributed by atoms with Crippen LogP contribution < -0.4 is 15.6 Å². The number of aromatic nitrogens is 2. The molecule has 1 atom stereocenters. The first-order chi connectivity index (χ1) is 15.7. The van der Waals surface area contributed by atoms with E-state index in [4.69, 9.17) is 9.72 Å². The summed E-state index contributed by atoms with van der Waals surface area (Å²) in [6, 6.07) is 24.3. The van der Waals surface area contributed by atoms with Crippen molar-refractivity contribution in [1.29, 1.82) is 0 Å². The summed E-state index contributed by atoms with van der Waals surface area (Å²) in [4.78, 5) is 18.8. The van der Waals surface area contributed by atoms with Gasteiger partial charge in [0, 0.05) is 24.1 Å². The number of ether oxygens (including phenoxy) is 1. The van der Waals surface area contributed by atoms with Crippen molar-refractivity contribution < 1.29 is 9.84 Å². The van der Waals surface area contributed by atoms with Crippen LogP contribution in [-0.4, -0.2) is 21.2 Å². The van der Waals surface area contributed by atoms with E-state index in [1.807, 2.05) is 60.7 Å². The largest absolute Gasteiger partial charge is 0.508 e. The Kier molecular flexibility index (Phi) is 5.11. The first-order valence-electron chi connectivity index (χ1n) is 10.7. The minimum atomic E-state index is -0.370. The molecular weight excluding hydrogens is 402 g/mol. The van der Waals surface area contributed by atoms with E-state index in [0.29, 0.717) is 23.8 Å². The molecule has 3 aromatic carbocycles. The molecule has 0 radical (unpaired) electrons. The molecule has 0 fully saturated rings. The normalized spacial score (nSPS) is 14.2. The van der Waals surface area contributed by atoms with Crippen LogP contribution in [0.2, 0.25) is 0 Å². The van der Waals surface area contributed by atoms with Gasteiger partial charge in [0.05, 0.1) is 11.3 Å². The van der Waals surface area contributed by atoms with Crippen molar-refractivity contribution in [2.24, 2.45) is 0 Å². The van der Waals surface area contributed by atoms with Gasteiger partial charge in [0.25, 0.3) is 5.56 Å². The number of phenolic OH excluding ortho intramolecular Hbond substituents is 1. The Morgan fingerprint density at radius 1 is 1.03 bits per heavy atom. The molecule has 2 N–H and O–H groups in total. The van der Waals surface area contributed by atoms with E-state index in [1.54, 1.807) is 22.8 Å². The highest BCUT2D eigenvalue weighted by molar-refractivity contribution is 5.59. The lowest BCUT2D eigenvalue weighted by Gasteiger charge is -2.29. The summed E-state index contributed by atoms with van der Waals surface area (Å²) in [6.07, 6.45) is 0.881. The van der Waals surface area contributed by atoms with Gasteiger partial charge in [-0.05, 0) is 30.2 Å². The highest BCUT2D eigenvalue weighted by atomic mass is 16.5. The van der Waals surface area contributed by atoms with Crippen LogP contribution >= 0.6 is 0 Å². The molecule has 0 amide bonds. The Morgan fingerprint density at radius 2 is 1.75 bits per heavy atom. The van der Waals surface area contributed by atoms with Gasteiger partial charge < -0.3 is 15.2 Å². The van der Waals surface area contributed by atoms with Gasteiger partial charge in [0.1, 0.15) is 11.5 Å². The van der Waals surface area contributed by atoms with Crippen LogP contribution in [0.25, 0.3) is 5.69 Å². The second-order valence-electron chi connectivity index (χ2n) is 7.73. The second-order valence-corrected chi connectivity index (χ2v) is 7.73. The van der Waals surface area contributed by atoms with E-state index < -0.39 is 0 Å². The number of nitrogens with one attached hydrogen (secondary N) is 1. The minimum Gasteiger partial charge on any atom is -0.508 e. The van der Waals surface area contributed by atoms with E-state index in [-0.39, 0.29) is 23.1 Å². The predicted molar refractivity (Wildman–Crippen MR) is 124 cm³/mol. The molecule has 1 aliphatic rings. The van der Waals surface area contributed by atoms with Crippen molar-refractivity contribution >= 4 is 5.95 Å². The van der Waals surface area contributed by atoms with Gasteiger partial charge in [0.15, 0.2) is 0 Å². The van der Waals surface area contributed by atoms with Crippen molar-refractivity contribution in [2.45, 2.75) is 19.3 Å². The van der Waals surface area contributed by atoms with Crippen molar-refractivity contribution in [3.63, 3.8) is 0 Å². The number of fused-ring (bicyclic) bond motifs is 2. The fourth-order valence-electron chi connectivity index (χ4n) is 4.11. The molecule has 0 saturated carbocycles. The van der Waals surface area contributed by atoms with E-state index in [9.17, 15) is 9.90 Å². The van der Waals surface area contributed by atoms with Crippen molar-refractivity contribution in [3.8, 4) is 23.1 Å². The highest BCUT2D eigenvalue weighted by Gasteiger charge is 2.34. The highest BCUT2D eigenvalue weighted by Crippen LogP contribution is 2.46. The fraction of sp³-hybridized carbons (Fsp3) is 0.154. The molecular formula is C26H23N3O3. The lowest BCUT2D eigenvalue weighted by Crippen LogP contribution is -2.31. The van der Waals surface area contributed by atoms with Crippen molar-refractivity contribution in [3.05, 3.63) is 106 Å². The SMILES string of the molecule is CCCNc1nc2c(c(=O)n1-c1ccccc1)C(c1ccccc1)c1ccc(O)cc1O2. The van der Waals surface area contributed by atoms with Gasteiger partial charge in [0.2, 0.25) is 11.8 Å². The third-order valence-electron chi connectivity index (χ3n) is 5.57. The monoisotopic (exact) mass is 425 g/mol. The van der Waals surface area contributed by atoms with Gasteiger partial charge in [-0.1, -0.05) is 61.5 Å². The molecule has 0 spiro atoms. The lowest BCUT2D eigenvalue weighted by atomic mass is 9.84. The maximum Gasteiger partial charge on any atom is 0.267 e. The van der Waals surface area contributed by atoms with Crippen LogP contribution in [0.5, 0.6) is 17.4 Å². The molecule has 5 rings (SSSR count). The summed E-state index contributed by atoms with van der Waals surface area (Å²) >= 11 is 0. The molecule has 2 heterocycles. The Hall–Kier alpha value is -4.06. The zero-order valence-corrected chi connectivity index (χ0v) is 17.7. The molecule has 0 bridgehead atoms. The number of rotatable bonds is 5. The molecule has 4 aromatic rings. The van der Waals surface area contributed by atoms with Crippen LogP contribution in [0.3, 0.4) is 0 Å². The van der Waals surface area contributed by atoms with Gasteiger partial charge >= 0.3 is 0 Å². The number of anilines is 1. The van der Waals surface area contributed by atoms with Crippen molar-refractivity contribution in [1.82, 2.24) is 9.55 Å². The molecule has 1 aromatic heterocycles. The second kappa shape index (κ2) is 8.23. The van der Waals surface area contributed by atoms with E-state index in [2.05, 4.69) is 12.2 Å². The number of aromatic hydroxyl groups is 1. The van der Waals surface area contributed by atoms with E-state index in [1.165, 1.54) is 0 Å². The molecule has 0 aliphatic carbocycles. The third kappa shape index (κ3) is 3.39. The molecule has 0 saturated heterocycles. The first-order valence-corrected chi connectivity index (χ1v) is 10.7. The minimum absolute atomic E-state index is 0.0981. The molecule has 1 aliphatic heterocycles. The zero-order chi connectivity index (χ0) is 22.1. The van der Waals surface area contributed by atoms with Crippen LogP contribution in [0.1, 0.15) is 36.0 Å². The first kappa shape index (κ1) is 19.9. The number of hydrogen-bond donors (Lipinski definition) is 2. The van der Waals surface area contributed by atoms with Crippen LogP contribution in [-0.2, 0) is 0 Å². The Balaban J connectivity index is 1.80. The average Bonchev–Trinajstić information content (AvgIpc) is 2.82. The van der Waals surface area contributed by atoms with Crippen LogP contribution in [0.15, 0.2) is 83.7 Å². The van der Waals surface area contributed by atoms with Gasteiger partial charge in [-0.25, -0.2) is 4.57 Å². The summed E-state index contributed by atoms with van der Waals surface area (Å²) in [7, 11) is 0. The van der Waals surface area contributed by atoms with Gasteiger partial charge in [-0.15, -0.1) is 0 Å². The zero-order valence-electron chi connectivity index (χ0n) is 17.7. The number of hydrogen-bond acceptors (Lipinski definition) is 5. The Bertz CT molecular complexity index is 1320. The summed E-state index contributed by atoms with van der Waals surface area (Å²) in [6.45, 7) is 2.72. The lowest BCUT2D eigenvalue weighted by molar-refractivity contribution is 0.419. The number of benzene rings is 3. The quantitative estimate of drug-likeness (QED) is 0.412.